The van der Waals surface area contributed by atoms with Crippen molar-refractivity contribution in [3.63, 3.8) is 0 Å². The summed E-state index contributed by atoms with van der Waals surface area (Å²) in [7, 11) is 0. The number of rotatable bonds is 5. The molecule has 0 aromatic heterocycles. The molecule has 3 aromatic carbocycles. The lowest BCUT2D eigenvalue weighted by Gasteiger charge is -2.17. The van der Waals surface area contributed by atoms with E-state index in [-0.39, 0.29) is 24.2 Å². The van der Waals surface area contributed by atoms with Gasteiger partial charge in [-0.1, -0.05) is 18.2 Å². The summed E-state index contributed by atoms with van der Waals surface area (Å²) >= 11 is 0. The lowest BCUT2D eigenvalue weighted by Crippen LogP contribution is -2.39. The van der Waals surface area contributed by atoms with E-state index in [1.807, 2.05) is 30.3 Å². The number of halogens is 1. The van der Waals surface area contributed by atoms with Gasteiger partial charge in [0.2, 0.25) is 5.91 Å². The quantitative estimate of drug-likeness (QED) is 0.655. The summed E-state index contributed by atoms with van der Waals surface area (Å²) in [6.07, 6.45) is 0.189. The molecule has 0 spiro atoms. The third-order valence-corrected chi connectivity index (χ3v) is 4.69. The van der Waals surface area contributed by atoms with E-state index >= 15 is 0 Å². The Bertz CT molecular complexity index is 1020. The average Bonchev–Trinajstić information content (AvgIpc) is 3.10. The SMILES string of the molecule is O=C(Nc1ccc(Oc2ccccc2)cc1)N[C@H]1CC(=O)N(c2ccc(F)cc2)C1. The second kappa shape index (κ2) is 8.65. The van der Waals surface area contributed by atoms with Crippen LogP contribution < -0.4 is 20.3 Å². The molecular formula is C23H20FN3O3. The number of hydrogen-bond donors (Lipinski definition) is 2. The van der Waals surface area contributed by atoms with Crippen LogP contribution in [0.15, 0.2) is 78.9 Å². The number of ether oxygens (including phenoxy) is 1. The van der Waals surface area contributed by atoms with Crippen LogP contribution in [-0.4, -0.2) is 24.5 Å². The first-order chi connectivity index (χ1) is 14.6. The molecule has 0 radical (unpaired) electrons. The first-order valence-electron chi connectivity index (χ1n) is 9.53. The zero-order valence-corrected chi connectivity index (χ0v) is 16.0. The Morgan fingerprint density at radius 1 is 0.933 bits per heavy atom. The van der Waals surface area contributed by atoms with E-state index in [2.05, 4.69) is 10.6 Å². The number of nitrogens with zero attached hydrogens (tertiary/aromatic N) is 1. The third kappa shape index (κ3) is 4.75. The van der Waals surface area contributed by atoms with Crippen molar-refractivity contribution in [2.24, 2.45) is 0 Å². The molecular weight excluding hydrogens is 385 g/mol. The number of carbonyl (C=O) groups excluding carboxylic acids is 2. The van der Waals surface area contributed by atoms with Crippen molar-refractivity contribution in [2.75, 3.05) is 16.8 Å². The van der Waals surface area contributed by atoms with Crippen LogP contribution in [0.3, 0.4) is 0 Å². The summed E-state index contributed by atoms with van der Waals surface area (Å²) in [4.78, 5) is 26.1. The Labute approximate surface area is 173 Å². The van der Waals surface area contributed by atoms with E-state index in [0.717, 1.165) is 5.75 Å². The molecule has 1 aliphatic heterocycles. The van der Waals surface area contributed by atoms with Gasteiger partial charge in [0.05, 0.1) is 6.04 Å². The molecule has 0 aliphatic carbocycles. The van der Waals surface area contributed by atoms with Crippen molar-refractivity contribution < 1.29 is 18.7 Å². The van der Waals surface area contributed by atoms with Crippen LogP contribution in [-0.2, 0) is 4.79 Å². The molecule has 1 aliphatic rings. The topological polar surface area (TPSA) is 70.7 Å². The molecule has 0 bridgehead atoms. The van der Waals surface area contributed by atoms with Crippen LogP contribution in [0.5, 0.6) is 11.5 Å². The van der Waals surface area contributed by atoms with Crippen LogP contribution in [0, 0.1) is 5.82 Å². The Morgan fingerprint density at radius 2 is 1.60 bits per heavy atom. The number of urea groups is 1. The maximum Gasteiger partial charge on any atom is 0.319 e. The first-order valence-corrected chi connectivity index (χ1v) is 9.53. The summed E-state index contributed by atoms with van der Waals surface area (Å²) < 4.78 is 18.8. The molecule has 1 saturated heterocycles. The molecule has 6 nitrogen and oxygen atoms in total. The van der Waals surface area contributed by atoms with E-state index in [1.165, 1.54) is 12.1 Å². The first kappa shape index (κ1) is 19.4. The number of amides is 3. The van der Waals surface area contributed by atoms with Gasteiger partial charge >= 0.3 is 6.03 Å². The summed E-state index contributed by atoms with van der Waals surface area (Å²) in [5, 5.41) is 5.56. The van der Waals surface area contributed by atoms with E-state index in [4.69, 9.17) is 4.74 Å². The van der Waals surface area contributed by atoms with Gasteiger partial charge in [-0.15, -0.1) is 0 Å². The van der Waals surface area contributed by atoms with Crippen molar-refractivity contribution in [3.8, 4) is 11.5 Å². The minimum atomic E-state index is -0.398. The van der Waals surface area contributed by atoms with Gasteiger partial charge in [0.1, 0.15) is 17.3 Å². The molecule has 1 atom stereocenters. The Balaban J connectivity index is 1.30. The van der Waals surface area contributed by atoms with Crippen LogP contribution in [0.4, 0.5) is 20.6 Å². The molecule has 152 valence electrons. The summed E-state index contributed by atoms with van der Waals surface area (Å²) in [5.41, 5.74) is 1.22. The highest BCUT2D eigenvalue weighted by molar-refractivity contribution is 5.97. The van der Waals surface area contributed by atoms with Gasteiger partial charge in [-0.3, -0.25) is 4.79 Å². The number of benzene rings is 3. The summed E-state index contributed by atoms with van der Waals surface area (Å²) in [5.74, 6) is 0.907. The molecule has 0 saturated carbocycles. The predicted octanol–water partition coefficient (Wildman–Crippen LogP) is 4.55. The average molecular weight is 405 g/mol. The van der Waals surface area contributed by atoms with Crippen molar-refractivity contribution in [1.82, 2.24) is 5.32 Å². The molecule has 1 fully saturated rings. The zero-order valence-electron chi connectivity index (χ0n) is 16.0. The third-order valence-electron chi connectivity index (χ3n) is 4.69. The van der Waals surface area contributed by atoms with Crippen LogP contribution >= 0.6 is 0 Å². The Morgan fingerprint density at radius 3 is 2.30 bits per heavy atom. The van der Waals surface area contributed by atoms with Gasteiger partial charge in [0, 0.05) is 24.3 Å². The number of anilines is 2. The van der Waals surface area contributed by atoms with Crippen molar-refractivity contribution in [3.05, 3.63) is 84.7 Å². The van der Waals surface area contributed by atoms with E-state index in [0.29, 0.717) is 23.7 Å². The number of carbonyl (C=O) groups is 2. The molecule has 3 amide bonds. The van der Waals surface area contributed by atoms with E-state index in [1.54, 1.807) is 41.3 Å². The Kier molecular flexibility index (Phi) is 5.61. The van der Waals surface area contributed by atoms with E-state index < -0.39 is 6.03 Å². The maximum atomic E-state index is 13.1. The summed E-state index contributed by atoms with van der Waals surface area (Å²) in [6.45, 7) is 0.335. The van der Waals surface area contributed by atoms with Crippen LogP contribution in [0.25, 0.3) is 0 Å². The minimum Gasteiger partial charge on any atom is -0.457 e. The smallest absolute Gasteiger partial charge is 0.319 e. The second-order valence-corrected chi connectivity index (χ2v) is 6.92. The van der Waals surface area contributed by atoms with Gasteiger partial charge < -0.3 is 20.3 Å². The van der Waals surface area contributed by atoms with E-state index in [9.17, 15) is 14.0 Å². The highest BCUT2D eigenvalue weighted by atomic mass is 19.1. The molecule has 0 unspecified atom stereocenters. The van der Waals surface area contributed by atoms with Gasteiger partial charge in [0.15, 0.2) is 0 Å². The minimum absolute atomic E-state index is 0.116. The van der Waals surface area contributed by atoms with Crippen molar-refractivity contribution in [2.45, 2.75) is 12.5 Å². The molecule has 30 heavy (non-hydrogen) atoms. The van der Waals surface area contributed by atoms with Crippen LogP contribution in [0.1, 0.15) is 6.42 Å². The van der Waals surface area contributed by atoms with Gasteiger partial charge in [0.25, 0.3) is 0 Å². The number of nitrogens with one attached hydrogen (secondary N) is 2. The highest BCUT2D eigenvalue weighted by Gasteiger charge is 2.31. The van der Waals surface area contributed by atoms with Crippen molar-refractivity contribution in [1.29, 1.82) is 0 Å². The van der Waals surface area contributed by atoms with Gasteiger partial charge in [-0.25, -0.2) is 9.18 Å². The molecule has 2 N–H and O–H groups in total. The predicted molar refractivity (Wildman–Crippen MR) is 112 cm³/mol. The molecule has 7 heteroatoms. The lowest BCUT2D eigenvalue weighted by atomic mass is 10.2. The number of para-hydroxylation sites is 1. The number of hydrogen-bond acceptors (Lipinski definition) is 3. The van der Waals surface area contributed by atoms with Gasteiger partial charge in [-0.05, 0) is 60.7 Å². The fourth-order valence-corrected chi connectivity index (χ4v) is 3.26. The van der Waals surface area contributed by atoms with Crippen LogP contribution in [0.2, 0.25) is 0 Å². The monoisotopic (exact) mass is 405 g/mol. The van der Waals surface area contributed by atoms with Gasteiger partial charge in [-0.2, -0.15) is 0 Å². The fourth-order valence-electron chi connectivity index (χ4n) is 3.26. The largest absolute Gasteiger partial charge is 0.457 e. The molecule has 1 heterocycles. The maximum absolute atomic E-state index is 13.1. The second-order valence-electron chi connectivity index (χ2n) is 6.92. The zero-order chi connectivity index (χ0) is 20.9. The lowest BCUT2D eigenvalue weighted by molar-refractivity contribution is -0.117. The fraction of sp³-hybridized carbons (Fsp3) is 0.130. The normalized spacial score (nSPS) is 15.7. The summed E-state index contributed by atoms with van der Waals surface area (Å²) in [6, 6.07) is 21.4. The highest BCUT2D eigenvalue weighted by Crippen LogP contribution is 2.24. The standard InChI is InChI=1S/C23H20FN3O3/c24-16-6-10-19(11-7-16)27-15-18(14-22(27)28)26-23(29)25-17-8-12-21(13-9-17)30-20-4-2-1-3-5-20/h1-13,18H,14-15H2,(H2,25,26,29)/t18-/m0/s1. The molecule has 4 rings (SSSR count). The molecule has 3 aromatic rings. The Hall–Kier alpha value is -3.87. The van der Waals surface area contributed by atoms with Crippen molar-refractivity contribution >= 4 is 23.3 Å².